The molecule has 6 aromatic heterocycles. The maximum absolute atomic E-state index is 14.4. The van der Waals surface area contributed by atoms with E-state index in [0.717, 1.165) is 137 Å². The fourth-order valence-corrected chi connectivity index (χ4v) is 21.0. The van der Waals surface area contributed by atoms with Crippen LogP contribution in [-0.4, -0.2) is 38.6 Å². The first kappa shape index (κ1) is 78.8. The van der Waals surface area contributed by atoms with Gasteiger partial charge in [-0.15, -0.1) is 0 Å². The summed E-state index contributed by atoms with van der Waals surface area (Å²) in [6.45, 7) is 4.65. The minimum atomic E-state index is -0.349. The summed E-state index contributed by atoms with van der Waals surface area (Å²) < 4.78 is 20.7. The van der Waals surface area contributed by atoms with Crippen molar-refractivity contribution < 1.29 is 4.39 Å². The Morgan fingerprint density at radius 2 is 0.689 bits per heavy atom. The van der Waals surface area contributed by atoms with Crippen molar-refractivity contribution >= 4 is 152 Å². The van der Waals surface area contributed by atoms with Crippen LogP contribution >= 0.6 is 0 Å². The molecule has 11 nitrogen and oxygen atoms in total. The van der Waals surface area contributed by atoms with Crippen molar-refractivity contribution in [2.75, 3.05) is 0 Å². The molecule has 6 heterocycles. The van der Waals surface area contributed by atoms with Crippen LogP contribution in [0.4, 0.5) is 4.39 Å². The zero-order valence-electron chi connectivity index (χ0n) is 73.1. The largest absolute Gasteiger partial charge is 0.294 e. The molecule has 26 aromatic rings. The third kappa shape index (κ3) is 12.9. The molecule has 20 aromatic carbocycles. The second-order valence-electron chi connectivity index (χ2n) is 35.2. The summed E-state index contributed by atoms with van der Waals surface area (Å²) in [4.78, 5) is 24.4. The highest BCUT2D eigenvalue weighted by Gasteiger charge is 2.36. The number of hydrogen-bond acceptors (Lipinski definition) is 8. The second-order valence-corrected chi connectivity index (χ2v) is 35.2. The van der Waals surface area contributed by atoms with Crippen molar-refractivity contribution in [1.29, 1.82) is 15.8 Å². The van der Waals surface area contributed by atoms with Crippen LogP contribution in [0.5, 0.6) is 0 Å². The van der Waals surface area contributed by atoms with Gasteiger partial charge in [-0.3, -0.25) is 13.7 Å². The molecule has 0 fully saturated rings. The Balaban J connectivity index is 0.000000108. The molecule has 0 aliphatic heterocycles. The van der Waals surface area contributed by atoms with Gasteiger partial charge in [-0.1, -0.05) is 317 Å². The number of halogens is 1. The van der Waals surface area contributed by atoms with E-state index in [1.54, 1.807) is 6.07 Å². The highest BCUT2D eigenvalue weighted by molar-refractivity contribution is 6.26. The van der Waals surface area contributed by atoms with E-state index < -0.39 is 0 Å². The van der Waals surface area contributed by atoms with Crippen molar-refractivity contribution in [2.24, 2.45) is 0 Å². The Labute approximate surface area is 773 Å². The van der Waals surface area contributed by atoms with E-state index in [1.165, 1.54) is 94.2 Å². The highest BCUT2D eigenvalue weighted by atomic mass is 19.1. The monoisotopic (exact) mass is 1720 g/mol. The molecule has 27 rings (SSSR count). The first-order chi connectivity index (χ1) is 66.4. The molecule has 0 spiro atoms. The van der Waals surface area contributed by atoms with E-state index >= 15 is 0 Å². The van der Waals surface area contributed by atoms with Crippen LogP contribution in [0.15, 0.2) is 413 Å². The van der Waals surface area contributed by atoms with Gasteiger partial charge in [0.1, 0.15) is 29.8 Å². The summed E-state index contributed by atoms with van der Waals surface area (Å²) in [5.41, 5.74) is 25.2. The minimum Gasteiger partial charge on any atom is -0.294 e. The molecule has 135 heavy (non-hydrogen) atoms. The van der Waals surface area contributed by atoms with E-state index in [-0.39, 0.29) is 16.9 Å². The van der Waals surface area contributed by atoms with Gasteiger partial charge in [-0.2, -0.15) is 15.8 Å². The Morgan fingerprint density at radius 1 is 0.230 bits per heavy atom. The average molecular weight is 1730 g/mol. The van der Waals surface area contributed by atoms with Gasteiger partial charge in [0.15, 0.2) is 17.1 Å². The first-order valence-corrected chi connectivity index (χ1v) is 45.1. The number of rotatable bonds is 8. The second kappa shape index (κ2) is 31.5. The Hall–Kier alpha value is -18.4. The first-order valence-electron chi connectivity index (χ1n) is 45.1. The molecular weight excluding hydrogens is 1650 g/mol. The average Bonchev–Trinajstić information content (AvgIpc) is 1.57. The molecule has 1 aliphatic carbocycles. The SMILES string of the molecule is CC1(C)c2ccccc2-c2ccc(-c3ccc4c(c3)c3c5ccccc5ccc3n4-c3nc(C#N)c4ccccc4n3)cc21.N#Cc1nc(-n2c3ccccc3c3c4ccccc4c(-c4ccc5ccc6ccccc6c5c4)cc32)cc2cc(F)ccc12.N#Cc1nc(-n2c3ccccc3c3cc(-c4ccc(-c5cccc6ccccc56)cc4)ccc32)nc2cc(-c3ccccc3)ccc12. The number of aromatic nitrogens is 8. The van der Waals surface area contributed by atoms with Crippen molar-refractivity contribution in [3.05, 3.63) is 447 Å². The summed E-state index contributed by atoms with van der Waals surface area (Å²) in [5, 5.41) is 51.6. The van der Waals surface area contributed by atoms with Gasteiger partial charge in [-0.05, 0) is 246 Å². The molecule has 0 radical (unpaired) electrons. The van der Waals surface area contributed by atoms with E-state index in [9.17, 15) is 20.2 Å². The minimum absolute atomic E-state index is 0.0653. The van der Waals surface area contributed by atoms with E-state index in [0.29, 0.717) is 39.9 Å². The lowest BCUT2D eigenvalue weighted by Gasteiger charge is -2.22. The molecule has 1 aliphatic rings. The third-order valence-corrected chi connectivity index (χ3v) is 27.4. The Bertz CT molecular complexity index is 9680. The fraction of sp³-hybridized carbons (Fsp3) is 0.0244. The topological polar surface area (TPSA) is 151 Å². The number of benzene rings is 20. The van der Waals surface area contributed by atoms with Crippen LogP contribution in [0.1, 0.15) is 42.1 Å². The summed E-state index contributed by atoms with van der Waals surface area (Å²) >= 11 is 0. The fourth-order valence-electron chi connectivity index (χ4n) is 21.0. The van der Waals surface area contributed by atoms with Crippen LogP contribution in [0.25, 0.3) is 236 Å². The molecule has 628 valence electrons. The lowest BCUT2D eigenvalue weighted by molar-refractivity contribution is 0.629. The van der Waals surface area contributed by atoms with Gasteiger partial charge in [0.2, 0.25) is 11.9 Å². The van der Waals surface area contributed by atoms with E-state index in [4.69, 9.17) is 24.9 Å². The van der Waals surface area contributed by atoms with Crippen molar-refractivity contribution in [1.82, 2.24) is 38.6 Å². The standard InChI is InChI=1S/C43H26N4.C40H22FN3.C40H26N4/c44-27-40-37-23-21-33(28-9-2-1-3-10-28)26-39(37)45-43(46-40)47-41-16-7-6-14-36(41)38-25-32(22-24-42(38)47)29-17-19-31(20-18-29)35-15-8-12-30-11-4-5-13-34(30)35;41-28-17-18-30-27(19-28)21-39(43-36(30)23-42)44-37-12-6-5-11-33(37)40-32-10-4-3-9-31(32)35(22-38(40)44)26-16-15-25-14-13-24-7-1-2-8-29(24)34(25)20-26;1-40(2)32-13-7-5-11-28(32)29-18-15-26(22-33(29)40)25-17-19-36-31(21-25)38-27-10-4-3-9-24(27)16-20-37(38)44(36)39-42-34-14-8-6-12-30(34)35(23-41)43-39/h1-26H;1-22H;3-22H,1-2H3. The van der Waals surface area contributed by atoms with Gasteiger partial charge in [0.25, 0.3) is 0 Å². The molecule has 0 atom stereocenters. The van der Waals surface area contributed by atoms with Gasteiger partial charge in [0.05, 0.1) is 44.1 Å². The predicted octanol–water partition coefficient (Wildman–Crippen LogP) is 30.9. The molecule has 12 heteroatoms. The summed E-state index contributed by atoms with van der Waals surface area (Å²) in [6, 6.07) is 150. The quantitative estimate of drug-likeness (QED) is 0.136. The third-order valence-electron chi connectivity index (χ3n) is 27.4. The van der Waals surface area contributed by atoms with Crippen LogP contribution in [0.3, 0.4) is 0 Å². The number of para-hydroxylation sites is 3. The smallest absolute Gasteiger partial charge is 0.236 e. The van der Waals surface area contributed by atoms with Crippen LogP contribution < -0.4 is 0 Å². The van der Waals surface area contributed by atoms with Crippen molar-refractivity contribution in [3.8, 4) is 103 Å². The van der Waals surface area contributed by atoms with Crippen molar-refractivity contribution in [3.63, 3.8) is 0 Å². The Morgan fingerprint density at radius 3 is 1.45 bits per heavy atom. The molecule has 0 bridgehead atoms. The summed E-state index contributed by atoms with van der Waals surface area (Å²) in [6.07, 6.45) is 0. The van der Waals surface area contributed by atoms with Gasteiger partial charge in [0, 0.05) is 53.9 Å². The predicted molar refractivity (Wildman–Crippen MR) is 550 cm³/mol. The number of nitrogens with zero attached hydrogens (tertiary/aromatic N) is 11. The number of hydrogen-bond donors (Lipinski definition) is 0. The lowest BCUT2D eigenvalue weighted by Crippen LogP contribution is -2.14. The molecular formula is C123H74FN11. The number of nitriles is 3. The number of fused-ring (bicyclic) bond motifs is 23. The summed E-state index contributed by atoms with van der Waals surface area (Å²) in [7, 11) is 0. The van der Waals surface area contributed by atoms with Gasteiger partial charge in [-0.25, -0.2) is 29.3 Å². The molecule has 0 saturated heterocycles. The van der Waals surface area contributed by atoms with Gasteiger partial charge >= 0.3 is 0 Å². The molecule has 0 unspecified atom stereocenters. The van der Waals surface area contributed by atoms with Crippen LogP contribution in [0.2, 0.25) is 0 Å². The van der Waals surface area contributed by atoms with Crippen LogP contribution in [0, 0.1) is 39.8 Å². The lowest BCUT2D eigenvalue weighted by atomic mass is 9.81. The summed E-state index contributed by atoms with van der Waals surface area (Å²) in [5.74, 6) is 1.22. The molecule has 0 saturated carbocycles. The number of pyridine rings is 1. The maximum atomic E-state index is 14.4. The Kier molecular flexibility index (Phi) is 18.4. The van der Waals surface area contributed by atoms with Crippen LogP contribution in [-0.2, 0) is 5.41 Å². The van der Waals surface area contributed by atoms with E-state index in [1.807, 2.05) is 84.9 Å². The maximum Gasteiger partial charge on any atom is 0.236 e. The van der Waals surface area contributed by atoms with Crippen molar-refractivity contribution in [2.45, 2.75) is 19.3 Å². The zero-order valence-corrected chi connectivity index (χ0v) is 73.1. The molecule has 0 N–H and O–H groups in total. The zero-order chi connectivity index (χ0) is 90.3. The van der Waals surface area contributed by atoms with Gasteiger partial charge < -0.3 is 0 Å². The normalized spacial score (nSPS) is 12.1. The van der Waals surface area contributed by atoms with E-state index in [2.05, 4.69) is 355 Å². The molecule has 0 amide bonds. The highest BCUT2D eigenvalue weighted by Crippen LogP contribution is 2.51.